The van der Waals surface area contributed by atoms with Gasteiger partial charge in [0.05, 0.1) is 29.3 Å². The maximum Gasteiger partial charge on any atom is 0.257 e. The van der Waals surface area contributed by atoms with Crippen molar-refractivity contribution >= 4 is 17.3 Å². The predicted molar refractivity (Wildman–Crippen MR) is 75.3 cm³/mol. The second kappa shape index (κ2) is 5.95. The molecule has 2 N–H and O–H groups in total. The number of amides is 1. The molecule has 0 fully saturated rings. The number of nitrogens with zero attached hydrogens (tertiary/aromatic N) is 2. The molecular formula is C14H16N4O. The van der Waals surface area contributed by atoms with E-state index in [1.54, 1.807) is 30.9 Å². The number of pyridine rings is 2. The zero-order valence-electron chi connectivity index (χ0n) is 11.0. The van der Waals surface area contributed by atoms with Crippen molar-refractivity contribution in [3.05, 3.63) is 48.0 Å². The van der Waals surface area contributed by atoms with Crippen molar-refractivity contribution in [3.63, 3.8) is 0 Å². The zero-order chi connectivity index (χ0) is 13.7. The summed E-state index contributed by atoms with van der Waals surface area (Å²) in [5, 5.41) is 5.94. The number of aromatic nitrogens is 2. The lowest BCUT2D eigenvalue weighted by atomic mass is 10.2. The molecule has 0 saturated carbocycles. The van der Waals surface area contributed by atoms with Crippen LogP contribution in [0.3, 0.4) is 0 Å². The van der Waals surface area contributed by atoms with Crippen LogP contribution >= 0.6 is 0 Å². The molecule has 1 amide bonds. The maximum atomic E-state index is 12.2. The van der Waals surface area contributed by atoms with Crippen molar-refractivity contribution in [2.24, 2.45) is 0 Å². The van der Waals surface area contributed by atoms with Gasteiger partial charge in [-0.05, 0) is 31.5 Å². The van der Waals surface area contributed by atoms with Crippen LogP contribution in [0.15, 0.2) is 36.9 Å². The highest BCUT2D eigenvalue weighted by molar-refractivity contribution is 6.07. The third kappa shape index (κ3) is 3.28. The molecule has 98 valence electrons. The zero-order valence-corrected chi connectivity index (χ0v) is 11.0. The van der Waals surface area contributed by atoms with Crippen LogP contribution in [0, 0.1) is 6.92 Å². The first-order chi connectivity index (χ1) is 9.20. The van der Waals surface area contributed by atoms with Gasteiger partial charge in [-0.3, -0.25) is 14.8 Å². The lowest BCUT2D eigenvalue weighted by molar-refractivity contribution is 0.102. The lowest BCUT2D eigenvalue weighted by Gasteiger charge is -2.10. The molecule has 0 spiro atoms. The molecule has 5 nitrogen and oxygen atoms in total. The summed E-state index contributed by atoms with van der Waals surface area (Å²) in [5.74, 6) is -0.175. The number of carbonyl (C=O) groups excluding carboxylic acids is 1. The van der Waals surface area contributed by atoms with Gasteiger partial charge in [0.25, 0.3) is 5.91 Å². The Hall–Kier alpha value is -2.43. The Labute approximate surface area is 112 Å². The van der Waals surface area contributed by atoms with E-state index in [1.807, 2.05) is 19.9 Å². The predicted octanol–water partition coefficient (Wildman–Crippen LogP) is 2.47. The van der Waals surface area contributed by atoms with Gasteiger partial charge >= 0.3 is 0 Å². The Kier molecular flexibility index (Phi) is 4.07. The van der Waals surface area contributed by atoms with E-state index < -0.39 is 0 Å². The van der Waals surface area contributed by atoms with Crippen LogP contribution in [0.4, 0.5) is 11.4 Å². The number of rotatable bonds is 4. The molecule has 19 heavy (non-hydrogen) atoms. The lowest BCUT2D eigenvalue weighted by Crippen LogP contribution is -2.15. The summed E-state index contributed by atoms with van der Waals surface area (Å²) < 4.78 is 0. The van der Waals surface area contributed by atoms with Gasteiger partial charge < -0.3 is 10.6 Å². The van der Waals surface area contributed by atoms with Gasteiger partial charge in [-0.15, -0.1) is 0 Å². The van der Waals surface area contributed by atoms with Crippen LogP contribution in [-0.4, -0.2) is 22.4 Å². The number of nitrogens with one attached hydrogen (secondary N) is 2. The van der Waals surface area contributed by atoms with Gasteiger partial charge in [-0.25, -0.2) is 0 Å². The van der Waals surface area contributed by atoms with E-state index in [9.17, 15) is 4.79 Å². The standard InChI is InChI=1S/C14H16N4O/c1-3-17-13-9-15-5-4-12(13)14(19)18-11-6-10(2)7-16-8-11/h4-9,17H,3H2,1-2H3,(H,18,19). The van der Waals surface area contributed by atoms with Crippen molar-refractivity contribution < 1.29 is 4.79 Å². The van der Waals surface area contributed by atoms with Gasteiger partial charge in [0.1, 0.15) is 0 Å². The van der Waals surface area contributed by atoms with E-state index in [-0.39, 0.29) is 5.91 Å². The molecule has 0 aromatic carbocycles. The molecule has 2 rings (SSSR count). The first-order valence-corrected chi connectivity index (χ1v) is 6.11. The molecule has 2 aromatic rings. The summed E-state index contributed by atoms with van der Waals surface area (Å²) in [4.78, 5) is 20.3. The average molecular weight is 256 g/mol. The molecule has 0 bridgehead atoms. The van der Waals surface area contributed by atoms with Gasteiger partial charge in [-0.1, -0.05) is 0 Å². The highest BCUT2D eigenvalue weighted by Crippen LogP contribution is 2.16. The smallest absolute Gasteiger partial charge is 0.257 e. The minimum Gasteiger partial charge on any atom is -0.383 e. The average Bonchev–Trinajstić information content (AvgIpc) is 2.39. The first kappa shape index (κ1) is 13.0. The minimum atomic E-state index is -0.175. The SMILES string of the molecule is CCNc1cnccc1C(=O)Nc1cncc(C)c1. The molecule has 0 unspecified atom stereocenters. The van der Waals surface area contributed by atoms with Gasteiger partial charge in [0.2, 0.25) is 0 Å². The van der Waals surface area contributed by atoms with Crippen molar-refractivity contribution in [2.45, 2.75) is 13.8 Å². The van der Waals surface area contributed by atoms with Gasteiger partial charge in [0.15, 0.2) is 0 Å². The van der Waals surface area contributed by atoms with Crippen LogP contribution < -0.4 is 10.6 Å². The van der Waals surface area contributed by atoms with Crippen LogP contribution in [0.25, 0.3) is 0 Å². The quantitative estimate of drug-likeness (QED) is 0.881. The Balaban J connectivity index is 2.20. The highest BCUT2D eigenvalue weighted by Gasteiger charge is 2.11. The van der Waals surface area contributed by atoms with Crippen molar-refractivity contribution in [2.75, 3.05) is 17.2 Å². The molecule has 0 aliphatic heterocycles. The number of hydrogen-bond donors (Lipinski definition) is 2. The van der Waals surface area contributed by atoms with Crippen molar-refractivity contribution in [3.8, 4) is 0 Å². The molecule has 0 saturated heterocycles. The van der Waals surface area contributed by atoms with E-state index in [0.29, 0.717) is 11.3 Å². The van der Waals surface area contributed by atoms with Gasteiger partial charge in [-0.2, -0.15) is 0 Å². The fourth-order valence-electron chi connectivity index (χ4n) is 1.75. The van der Waals surface area contributed by atoms with Crippen LogP contribution in [0.1, 0.15) is 22.8 Å². The molecule has 2 heterocycles. The summed E-state index contributed by atoms with van der Waals surface area (Å²) >= 11 is 0. The molecule has 0 atom stereocenters. The molecule has 5 heteroatoms. The summed E-state index contributed by atoms with van der Waals surface area (Å²) in [7, 11) is 0. The van der Waals surface area contributed by atoms with Crippen LogP contribution in [0.5, 0.6) is 0 Å². The monoisotopic (exact) mass is 256 g/mol. The Morgan fingerprint density at radius 1 is 1.26 bits per heavy atom. The molecule has 0 aliphatic carbocycles. The maximum absolute atomic E-state index is 12.2. The number of hydrogen-bond acceptors (Lipinski definition) is 4. The Morgan fingerprint density at radius 2 is 2.11 bits per heavy atom. The molecule has 0 aliphatic rings. The highest BCUT2D eigenvalue weighted by atomic mass is 16.1. The number of anilines is 2. The third-order valence-corrected chi connectivity index (χ3v) is 2.57. The number of carbonyl (C=O) groups is 1. The van der Waals surface area contributed by atoms with E-state index >= 15 is 0 Å². The summed E-state index contributed by atoms with van der Waals surface area (Å²) in [6.45, 7) is 4.64. The second-order valence-electron chi connectivity index (χ2n) is 4.16. The van der Waals surface area contributed by atoms with Gasteiger partial charge in [0, 0.05) is 18.9 Å². The van der Waals surface area contributed by atoms with E-state index in [2.05, 4.69) is 20.6 Å². The fourth-order valence-corrected chi connectivity index (χ4v) is 1.75. The molecule has 0 radical (unpaired) electrons. The minimum absolute atomic E-state index is 0.175. The first-order valence-electron chi connectivity index (χ1n) is 6.11. The summed E-state index contributed by atoms with van der Waals surface area (Å²) in [6.07, 6.45) is 6.61. The van der Waals surface area contributed by atoms with Crippen LogP contribution in [0.2, 0.25) is 0 Å². The van der Waals surface area contributed by atoms with Crippen LogP contribution in [-0.2, 0) is 0 Å². The normalized spacial score (nSPS) is 10.0. The largest absolute Gasteiger partial charge is 0.383 e. The van der Waals surface area contributed by atoms with E-state index in [4.69, 9.17) is 0 Å². The second-order valence-corrected chi connectivity index (χ2v) is 4.16. The fraction of sp³-hybridized carbons (Fsp3) is 0.214. The topological polar surface area (TPSA) is 66.9 Å². The third-order valence-electron chi connectivity index (χ3n) is 2.57. The van der Waals surface area contributed by atoms with Crippen molar-refractivity contribution in [1.82, 2.24) is 9.97 Å². The summed E-state index contributed by atoms with van der Waals surface area (Å²) in [6, 6.07) is 3.57. The molecule has 2 aromatic heterocycles. The van der Waals surface area contributed by atoms with Crippen molar-refractivity contribution in [1.29, 1.82) is 0 Å². The van der Waals surface area contributed by atoms with E-state index in [0.717, 1.165) is 17.8 Å². The Bertz CT molecular complexity index is 583. The summed E-state index contributed by atoms with van der Waals surface area (Å²) in [5.41, 5.74) is 2.98. The Morgan fingerprint density at radius 3 is 2.84 bits per heavy atom. The molecular weight excluding hydrogens is 240 g/mol. The number of aryl methyl sites for hydroxylation is 1. The van der Waals surface area contributed by atoms with E-state index in [1.165, 1.54) is 0 Å².